The van der Waals surface area contributed by atoms with Crippen LogP contribution in [-0.4, -0.2) is 23.5 Å². The molecule has 0 saturated heterocycles. The van der Waals surface area contributed by atoms with Crippen molar-refractivity contribution in [3.63, 3.8) is 0 Å². The number of carbonyl (C=O) groups is 1. The maximum atomic E-state index is 12.8. The van der Waals surface area contributed by atoms with E-state index in [0.717, 1.165) is 29.9 Å². The van der Waals surface area contributed by atoms with Crippen molar-refractivity contribution in [3.8, 4) is 5.75 Å². The molecule has 25 heavy (non-hydrogen) atoms. The molecule has 1 saturated carbocycles. The van der Waals surface area contributed by atoms with E-state index in [-0.39, 0.29) is 5.91 Å². The highest BCUT2D eigenvalue weighted by atomic mass is 16.5. The highest BCUT2D eigenvalue weighted by Crippen LogP contribution is 2.26. The first-order chi connectivity index (χ1) is 12.1. The highest BCUT2D eigenvalue weighted by Gasteiger charge is 2.27. The summed E-state index contributed by atoms with van der Waals surface area (Å²) < 4.78 is 11.3. The van der Waals surface area contributed by atoms with Crippen LogP contribution in [0, 0.1) is 13.8 Å². The largest absolute Gasteiger partial charge is 0.493 e. The Hall–Kier alpha value is -2.23. The van der Waals surface area contributed by atoms with Crippen LogP contribution in [0.3, 0.4) is 0 Å². The average molecular weight is 341 g/mol. The summed E-state index contributed by atoms with van der Waals surface area (Å²) in [7, 11) is 0. The summed E-state index contributed by atoms with van der Waals surface area (Å²) in [5.74, 6) is 1.85. The van der Waals surface area contributed by atoms with Gasteiger partial charge in [0, 0.05) is 6.04 Å². The lowest BCUT2D eigenvalue weighted by molar-refractivity contribution is -0.135. The lowest BCUT2D eigenvalue weighted by Gasteiger charge is -2.28. The van der Waals surface area contributed by atoms with Crippen molar-refractivity contribution in [1.82, 2.24) is 4.90 Å². The number of carbonyl (C=O) groups excluding carboxylic acids is 1. The first kappa shape index (κ1) is 17.6. The molecule has 0 aliphatic heterocycles. The van der Waals surface area contributed by atoms with E-state index in [1.165, 1.54) is 18.4 Å². The molecule has 1 aliphatic rings. The molecule has 0 unspecified atom stereocenters. The summed E-state index contributed by atoms with van der Waals surface area (Å²) in [6.07, 6.45) is 6.63. The maximum Gasteiger partial charge on any atom is 0.226 e. The number of hydrogen-bond donors (Lipinski definition) is 0. The summed E-state index contributed by atoms with van der Waals surface area (Å²) in [4.78, 5) is 14.8. The van der Waals surface area contributed by atoms with Gasteiger partial charge in [0.05, 0.1) is 25.8 Å². The zero-order chi connectivity index (χ0) is 17.6. The number of ether oxygens (including phenoxy) is 1. The van der Waals surface area contributed by atoms with Crippen LogP contribution < -0.4 is 4.74 Å². The predicted octanol–water partition coefficient (Wildman–Crippen LogP) is 4.64. The summed E-state index contributed by atoms with van der Waals surface area (Å²) >= 11 is 0. The minimum absolute atomic E-state index is 0.146. The molecule has 0 radical (unpaired) electrons. The lowest BCUT2D eigenvalue weighted by atomic mass is 10.1. The summed E-state index contributed by atoms with van der Waals surface area (Å²) in [6.45, 7) is 5.06. The maximum absolute atomic E-state index is 12.8. The minimum Gasteiger partial charge on any atom is -0.493 e. The molecule has 0 atom stereocenters. The van der Waals surface area contributed by atoms with Gasteiger partial charge in [0.25, 0.3) is 0 Å². The van der Waals surface area contributed by atoms with Gasteiger partial charge in [0.15, 0.2) is 0 Å². The van der Waals surface area contributed by atoms with Crippen molar-refractivity contribution in [2.75, 3.05) is 6.61 Å². The highest BCUT2D eigenvalue weighted by molar-refractivity contribution is 5.76. The Balaban J connectivity index is 1.57. The standard InChI is InChI=1S/C21H27NO3/c1-16-9-10-20(17(2)14-16)25-13-11-21(23)22(18-6-3-4-7-18)15-19-8-5-12-24-19/h5,8-10,12,14,18H,3-4,6-7,11,13,15H2,1-2H3. The van der Waals surface area contributed by atoms with Gasteiger partial charge < -0.3 is 14.1 Å². The van der Waals surface area contributed by atoms with Gasteiger partial charge in [0.2, 0.25) is 5.91 Å². The summed E-state index contributed by atoms with van der Waals surface area (Å²) in [5, 5.41) is 0. The third-order valence-electron chi connectivity index (χ3n) is 4.90. The molecule has 0 N–H and O–H groups in total. The van der Waals surface area contributed by atoms with Gasteiger partial charge in [-0.05, 0) is 50.5 Å². The quantitative estimate of drug-likeness (QED) is 0.737. The van der Waals surface area contributed by atoms with Crippen molar-refractivity contribution in [1.29, 1.82) is 0 Å². The van der Waals surface area contributed by atoms with E-state index in [0.29, 0.717) is 25.6 Å². The Labute approximate surface area is 149 Å². The lowest BCUT2D eigenvalue weighted by Crippen LogP contribution is -2.38. The van der Waals surface area contributed by atoms with Crippen molar-refractivity contribution in [3.05, 3.63) is 53.5 Å². The van der Waals surface area contributed by atoms with E-state index in [1.54, 1.807) is 6.26 Å². The van der Waals surface area contributed by atoms with Crippen molar-refractivity contribution >= 4 is 5.91 Å². The van der Waals surface area contributed by atoms with Gasteiger partial charge in [-0.2, -0.15) is 0 Å². The van der Waals surface area contributed by atoms with Gasteiger partial charge in [-0.3, -0.25) is 4.79 Å². The smallest absolute Gasteiger partial charge is 0.226 e. The van der Waals surface area contributed by atoms with E-state index < -0.39 is 0 Å². The fourth-order valence-electron chi connectivity index (χ4n) is 3.56. The van der Waals surface area contributed by atoms with Gasteiger partial charge >= 0.3 is 0 Å². The Morgan fingerprint density at radius 2 is 2.04 bits per heavy atom. The van der Waals surface area contributed by atoms with E-state index in [4.69, 9.17) is 9.15 Å². The number of aryl methyl sites for hydroxylation is 2. The molecule has 4 nitrogen and oxygen atoms in total. The van der Waals surface area contributed by atoms with Crippen molar-refractivity contribution < 1.29 is 13.9 Å². The Morgan fingerprint density at radius 3 is 2.72 bits per heavy atom. The van der Waals surface area contributed by atoms with Gasteiger partial charge in [-0.15, -0.1) is 0 Å². The van der Waals surface area contributed by atoms with Crippen LogP contribution in [0.25, 0.3) is 0 Å². The van der Waals surface area contributed by atoms with Crippen LogP contribution in [0.2, 0.25) is 0 Å². The molecule has 1 aromatic heterocycles. The van der Waals surface area contributed by atoms with Gasteiger partial charge in [0.1, 0.15) is 11.5 Å². The fourth-order valence-corrected chi connectivity index (χ4v) is 3.56. The SMILES string of the molecule is Cc1ccc(OCCC(=O)N(Cc2ccco2)C2CCCC2)c(C)c1. The third-order valence-corrected chi connectivity index (χ3v) is 4.90. The average Bonchev–Trinajstić information content (AvgIpc) is 3.28. The molecule has 0 bridgehead atoms. The van der Waals surface area contributed by atoms with E-state index >= 15 is 0 Å². The number of nitrogens with zero attached hydrogens (tertiary/aromatic N) is 1. The first-order valence-corrected chi connectivity index (χ1v) is 9.15. The molecule has 1 fully saturated rings. The second kappa shape index (κ2) is 8.24. The summed E-state index contributed by atoms with van der Waals surface area (Å²) in [5.41, 5.74) is 2.32. The predicted molar refractivity (Wildman–Crippen MR) is 97.5 cm³/mol. The topological polar surface area (TPSA) is 42.7 Å². The molecule has 1 amide bonds. The zero-order valence-corrected chi connectivity index (χ0v) is 15.2. The Bertz CT molecular complexity index is 687. The van der Waals surface area contributed by atoms with Crippen LogP contribution in [0.1, 0.15) is 49.0 Å². The summed E-state index contributed by atoms with van der Waals surface area (Å²) in [6, 6.07) is 10.2. The molecular formula is C21H27NO3. The Morgan fingerprint density at radius 1 is 1.24 bits per heavy atom. The van der Waals surface area contributed by atoms with Crippen LogP contribution in [0.15, 0.2) is 41.0 Å². The number of furan rings is 1. The van der Waals surface area contributed by atoms with Crippen molar-refractivity contribution in [2.24, 2.45) is 0 Å². The van der Waals surface area contributed by atoms with Gasteiger partial charge in [-0.1, -0.05) is 30.5 Å². The molecule has 0 spiro atoms. The molecule has 2 aromatic rings. The number of benzene rings is 1. The number of amides is 1. The minimum atomic E-state index is 0.146. The Kier molecular flexibility index (Phi) is 5.79. The second-order valence-corrected chi connectivity index (χ2v) is 6.91. The van der Waals surface area contributed by atoms with Crippen LogP contribution in [0.4, 0.5) is 0 Å². The molecule has 1 aliphatic carbocycles. The fraction of sp³-hybridized carbons (Fsp3) is 0.476. The molecule has 4 heteroatoms. The number of rotatable bonds is 7. The molecular weight excluding hydrogens is 314 g/mol. The molecule has 1 aromatic carbocycles. The van der Waals surface area contributed by atoms with Crippen LogP contribution in [0.5, 0.6) is 5.75 Å². The van der Waals surface area contributed by atoms with E-state index in [9.17, 15) is 4.79 Å². The molecule has 3 rings (SSSR count). The second-order valence-electron chi connectivity index (χ2n) is 6.91. The molecule has 1 heterocycles. The first-order valence-electron chi connectivity index (χ1n) is 9.15. The van der Waals surface area contributed by atoms with Gasteiger partial charge in [-0.25, -0.2) is 0 Å². The van der Waals surface area contributed by atoms with E-state index in [1.807, 2.05) is 36.1 Å². The van der Waals surface area contributed by atoms with Crippen LogP contribution in [-0.2, 0) is 11.3 Å². The normalized spacial score (nSPS) is 14.6. The van der Waals surface area contributed by atoms with Crippen molar-refractivity contribution in [2.45, 2.75) is 58.5 Å². The molecule has 134 valence electrons. The monoisotopic (exact) mass is 341 g/mol. The van der Waals surface area contributed by atoms with E-state index in [2.05, 4.69) is 13.0 Å². The van der Waals surface area contributed by atoms with Crippen LogP contribution >= 0.6 is 0 Å². The third kappa shape index (κ3) is 4.65. The zero-order valence-electron chi connectivity index (χ0n) is 15.2. The number of hydrogen-bond acceptors (Lipinski definition) is 3.